The van der Waals surface area contributed by atoms with Crippen LogP contribution in [0.5, 0.6) is 0 Å². The lowest BCUT2D eigenvalue weighted by molar-refractivity contribution is 0.726. The number of nitrogens with zero attached hydrogens (tertiary/aromatic N) is 3. The summed E-state index contributed by atoms with van der Waals surface area (Å²) in [6, 6.07) is 21.7. The Morgan fingerprint density at radius 2 is 1.70 bits per heavy atom. The molecule has 3 heteroatoms. The van der Waals surface area contributed by atoms with Crippen LogP contribution in [-0.4, -0.2) is 16.1 Å². The van der Waals surface area contributed by atoms with Gasteiger partial charge >= 0.3 is 0 Å². The number of aromatic nitrogens is 2. The number of rotatable bonds is 3. The average Bonchev–Trinajstić information content (AvgIpc) is 3.04. The van der Waals surface area contributed by atoms with Gasteiger partial charge < -0.3 is 9.47 Å². The highest BCUT2D eigenvalue weighted by molar-refractivity contribution is 5.92. The van der Waals surface area contributed by atoms with Crippen molar-refractivity contribution in [3.8, 4) is 0 Å². The molecule has 3 nitrogen and oxygen atoms in total. The first kappa shape index (κ1) is 16.1. The summed E-state index contributed by atoms with van der Waals surface area (Å²) in [5.41, 5.74) is 8.05. The molecule has 1 aliphatic heterocycles. The molecule has 0 saturated heterocycles. The molecule has 0 unspecified atom stereocenters. The zero-order chi connectivity index (χ0) is 18.2. The summed E-state index contributed by atoms with van der Waals surface area (Å²) in [5, 5.41) is 1.22. The fourth-order valence-corrected chi connectivity index (χ4v) is 4.24. The zero-order valence-corrected chi connectivity index (χ0v) is 15.6. The van der Waals surface area contributed by atoms with Crippen LogP contribution >= 0.6 is 0 Å². The number of pyridine rings is 1. The van der Waals surface area contributed by atoms with Crippen LogP contribution < -0.4 is 4.90 Å². The van der Waals surface area contributed by atoms with E-state index in [4.69, 9.17) is 0 Å². The van der Waals surface area contributed by atoms with E-state index in [-0.39, 0.29) is 0 Å². The van der Waals surface area contributed by atoms with Crippen LogP contribution in [0.4, 0.5) is 5.69 Å². The Labute approximate surface area is 159 Å². The molecule has 4 aromatic rings. The normalized spacial score (nSPS) is 13.7. The number of aryl methyl sites for hydroxylation is 1. The second-order valence-electron chi connectivity index (χ2n) is 7.39. The molecular formula is C24H23N3. The van der Waals surface area contributed by atoms with Crippen LogP contribution in [0.15, 0.2) is 73.1 Å². The molecule has 0 spiro atoms. The summed E-state index contributed by atoms with van der Waals surface area (Å²) in [5.74, 6) is 0. The van der Waals surface area contributed by atoms with Crippen LogP contribution in [-0.2, 0) is 19.5 Å². The van der Waals surface area contributed by atoms with Gasteiger partial charge in [0, 0.05) is 36.9 Å². The van der Waals surface area contributed by atoms with Gasteiger partial charge in [-0.3, -0.25) is 4.98 Å². The standard InChI is InChI=1S/C24H23N3/c1-18-13-22-14-25-15-23(24(22)27(18)16-19-7-3-2-4-8-19)26-12-11-20-9-5-6-10-21(20)17-26/h2-10,13-15H,11-12,16-17H2,1H3. The average molecular weight is 353 g/mol. The maximum Gasteiger partial charge on any atom is 0.0803 e. The Kier molecular flexibility index (Phi) is 3.93. The molecule has 3 heterocycles. The first-order chi connectivity index (χ1) is 13.3. The molecule has 27 heavy (non-hydrogen) atoms. The first-order valence-corrected chi connectivity index (χ1v) is 9.59. The summed E-state index contributed by atoms with van der Waals surface area (Å²) in [6.07, 6.45) is 5.12. The van der Waals surface area contributed by atoms with E-state index >= 15 is 0 Å². The minimum Gasteiger partial charge on any atom is -0.364 e. The minimum absolute atomic E-state index is 0.887. The third-order valence-electron chi connectivity index (χ3n) is 5.64. The van der Waals surface area contributed by atoms with Crippen molar-refractivity contribution in [2.45, 2.75) is 26.4 Å². The predicted molar refractivity (Wildman–Crippen MR) is 111 cm³/mol. The Morgan fingerprint density at radius 1 is 0.926 bits per heavy atom. The van der Waals surface area contributed by atoms with E-state index in [1.807, 2.05) is 12.4 Å². The van der Waals surface area contributed by atoms with Crippen LogP contribution in [0.25, 0.3) is 10.9 Å². The quantitative estimate of drug-likeness (QED) is 0.519. The molecule has 2 aromatic heterocycles. The Bertz CT molecular complexity index is 1100. The van der Waals surface area contributed by atoms with Crippen molar-refractivity contribution in [2.75, 3.05) is 11.4 Å². The fraction of sp³-hybridized carbons (Fsp3) is 0.208. The van der Waals surface area contributed by atoms with Crippen molar-refractivity contribution in [3.63, 3.8) is 0 Å². The number of benzene rings is 2. The molecule has 0 fully saturated rings. The third kappa shape index (κ3) is 2.89. The highest BCUT2D eigenvalue weighted by atomic mass is 15.2. The van der Waals surface area contributed by atoms with Crippen molar-refractivity contribution in [1.82, 2.24) is 9.55 Å². The van der Waals surface area contributed by atoms with E-state index in [1.54, 1.807) is 0 Å². The van der Waals surface area contributed by atoms with E-state index in [2.05, 4.69) is 82.0 Å². The van der Waals surface area contributed by atoms with Gasteiger partial charge in [0.2, 0.25) is 0 Å². The molecule has 0 aliphatic carbocycles. The van der Waals surface area contributed by atoms with Gasteiger partial charge in [-0.1, -0.05) is 54.6 Å². The summed E-state index contributed by atoms with van der Waals surface area (Å²) < 4.78 is 2.43. The van der Waals surface area contributed by atoms with Gasteiger partial charge in [-0.15, -0.1) is 0 Å². The highest BCUT2D eigenvalue weighted by Gasteiger charge is 2.20. The fourth-order valence-electron chi connectivity index (χ4n) is 4.24. The van der Waals surface area contributed by atoms with E-state index in [1.165, 1.54) is 39.0 Å². The maximum absolute atomic E-state index is 4.55. The smallest absolute Gasteiger partial charge is 0.0803 e. The molecule has 1 aliphatic rings. The van der Waals surface area contributed by atoms with E-state index in [0.717, 1.165) is 26.1 Å². The lowest BCUT2D eigenvalue weighted by Crippen LogP contribution is -2.30. The van der Waals surface area contributed by atoms with E-state index < -0.39 is 0 Å². The second-order valence-corrected chi connectivity index (χ2v) is 7.39. The van der Waals surface area contributed by atoms with Crippen molar-refractivity contribution < 1.29 is 0 Å². The van der Waals surface area contributed by atoms with Gasteiger partial charge in [-0.25, -0.2) is 0 Å². The van der Waals surface area contributed by atoms with Crippen molar-refractivity contribution in [2.24, 2.45) is 0 Å². The number of anilines is 1. The zero-order valence-electron chi connectivity index (χ0n) is 15.6. The number of hydrogen-bond donors (Lipinski definition) is 0. The third-order valence-corrected chi connectivity index (χ3v) is 5.64. The van der Waals surface area contributed by atoms with Crippen molar-refractivity contribution in [1.29, 1.82) is 0 Å². The molecular weight excluding hydrogens is 330 g/mol. The summed E-state index contributed by atoms with van der Waals surface area (Å²) in [6.45, 7) is 5.07. The summed E-state index contributed by atoms with van der Waals surface area (Å²) in [7, 11) is 0. The maximum atomic E-state index is 4.55. The molecule has 0 atom stereocenters. The van der Waals surface area contributed by atoms with Gasteiger partial charge in [0.15, 0.2) is 0 Å². The number of hydrogen-bond acceptors (Lipinski definition) is 2. The van der Waals surface area contributed by atoms with Gasteiger partial charge in [0.25, 0.3) is 0 Å². The van der Waals surface area contributed by atoms with Gasteiger partial charge in [-0.2, -0.15) is 0 Å². The minimum atomic E-state index is 0.887. The molecule has 0 amide bonds. The lowest BCUT2D eigenvalue weighted by Gasteiger charge is -2.31. The molecule has 0 bridgehead atoms. The highest BCUT2D eigenvalue weighted by Crippen LogP contribution is 2.32. The Balaban J connectivity index is 1.59. The van der Waals surface area contributed by atoms with E-state index in [0.29, 0.717) is 0 Å². The Morgan fingerprint density at radius 3 is 2.56 bits per heavy atom. The molecule has 0 radical (unpaired) electrons. The first-order valence-electron chi connectivity index (χ1n) is 9.59. The molecule has 2 aromatic carbocycles. The van der Waals surface area contributed by atoms with Gasteiger partial charge in [0.05, 0.1) is 17.4 Å². The summed E-state index contributed by atoms with van der Waals surface area (Å²) in [4.78, 5) is 7.04. The second kappa shape index (κ2) is 6.58. The predicted octanol–water partition coefficient (Wildman–Crippen LogP) is 4.96. The SMILES string of the molecule is Cc1cc2cncc(N3CCc4ccccc4C3)c2n1Cc1ccccc1. The Hall–Kier alpha value is -3.07. The van der Waals surface area contributed by atoms with E-state index in [9.17, 15) is 0 Å². The molecule has 134 valence electrons. The topological polar surface area (TPSA) is 21.1 Å². The summed E-state index contributed by atoms with van der Waals surface area (Å²) >= 11 is 0. The number of fused-ring (bicyclic) bond motifs is 2. The van der Waals surface area contributed by atoms with Crippen LogP contribution in [0.2, 0.25) is 0 Å². The monoisotopic (exact) mass is 353 g/mol. The van der Waals surface area contributed by atoms with Gasteiger partial charge in [0.1, 0.15) is 0 Å². The van der Waals surface area contributed by atoms with Crippen molar-refractivity contribution in [3.05, 3.63) is 95.4 Å². The lowest BCUT2D eigenvalue weighted by atomic mass is 9.99. The van der Waals surface area contributed by atoms with Crippen molar-refractivity contribution >= 4 is 16.6 Å². The van der Waals surface area contributed by atoms with Crippen LogP contribution in [0, 0.1) is 6.92 Å². The van der Waals surface area contributed by atoms with Gasteiger partial charge in [-0.05, 0) is 36.1 Å². The largest absolute Gasteiger partial charge is 0.364 e. The molecule has 0 saturated carbocycles. The molecule has 5 rings (SSSR count). The van der Waals surface area contributed by atoms with Crippen LogP contribution in [0.3, 0.4) is 0 Å². The van der Waals surface area contributed by atoms with Crippen LogP contribution in [0.1, 0.15) is 22.4 Å². The molecule has 0 N–H and O–H groups in total.